The second kappa shape index (κ2) is 5.25. The van der Waals surface area contributed by atoms with Crippen LogP contribution in [0, 0.1) is 0 Å². The molecule has 1 aliphatic heterocycles. The Morgan fingerprint density at radius 1 is 1.20 bits per heavy atom. The van der Waals surface area contributed by atoms with Crippen molar-refractivity contribution in [3.05, 3.63) is 59.9 Å². The molecule has 0 saturated heterocycles. The number of para-hydroxylation sites is 1. The van der Waals surface area contributed by atoms with Crippen molar-refractivity contribution in [2.45, 2.75) is 31.9 Å². The molecule has 0 bridgehead atoms. The number of hydrogen-bond acceptors (Lipinski definition) is 3. The summed E-state index contributed by atoms with van der Waals surface area (Å²) in [6.45, 7) is 5.18. The van der Waals surface area contributed by atoms with Gasteiger partial charge >= 0.3 is 0 Å². The average molecular weight is 268 g/mol. The Hall–Kier alpha value is -1.87. The normalized spacial score (nSPS) is 19.4. The highest BCUT2D eigenvalue weighted by Gasteiger charge is 2.40. The summed E-state index contributed by atoms with van der Waals surface area (Å²) < 4.78 is 6.03. The first kappa shape index (κ1) is 13.1. The summed E-state index contributed by atoms with van der Waals surface area (Å²) >= 11 is 0. The van der Waals surface area contributed by atoms with Crippen molar-refractivity contribution < 1.29 is 4.74 Å². The van der Waals surface area contributed by atoms with E-state index in [1.807, 2.05) is 24.4 Å². The smallest absolute Gasteiger partial charge is 0.125 e. The predicted molar refractivity (Wildman–Crippen MR) is 79.8 cm³/mol. The van der Waals surface area contributed by atoms with Crippen LogP contribution in [0.1, 0.15) is 31.0 Å². The van der Waals surface area contributed by atoms with Gasteiger partial charge in [0.25, 0.3) is 0 Å². The predicted octanol–water partition coefficient (Wildman–Crippen LogP) is 3.13. The van der Waals surface area contributed by atoms with E-state index >= 15 is 0 Å². The van der Waals surface area contributed by atoms with Gasteiger partial charge in [-0.15, -0.1) is 0 Å². The lowest BCUT2D eigenvalue weighted by molar-refractivity contribution is 0.0968. The molecule has 2 aromatic rings. The first-order chi connectivity index (χ1) is 9.67. The number of fused-ring (bicyclic) bond motifs is 1. The van der Waals surface area contributed by atoms with Crippen LogP contribution in [0.15, 0.2) is 48.8 Å². The number of rotatable bonds is 4. The molecule has 1 aromatic heterocycles. The van der Waals surface area contributed by atoms with Gasteiger partial charge in [-0.1, -0.05) is 24.3 Å². The minimum Gasteiger partial charge on any atom is -0.486 e. The molecule has 3 nitrogen and oxygen atoms in total. The van der Waals surface area contributed by atoms with Gasteiger partial charge in [-0.3, -0.25) is 4.98 Å². The summed E-state index contributed by atoms with van der Waals surface area (Å²) in [5.74, 6) is 0.997. The van der Waals surface area contributed by atoms with Crippen molar-refractivity contribution in [3.63, 3.8) is 0 Å². The van der Waals surface area contributed by atoms with E-state index in [-0.39, 0.29) is 11.6 Å². The maximum atomic E-state index is 6.03. The Morgan fingerprint density at radius 2 is 2.05 bits per heavy atom. The van der Waals surface area contributed by atoms with Crippen molar-refractivity contribution in [3.8, 4) is 5.75 Å². The van der Waals surface area contributed by atoms with Crippen molar-refractivity contribution >= 4 is 0 Å². The summed E-state index contributed by atoms with van der Waals surface area (Å²) in [4.78, 5) is 4.15. The highest BCUT2D eigenvalue weighted by molar-refractivity contribution is 5.42. The number of aromatic nitrogens is 1. The molecule has 0 spiro atoms. The molecule has 20 heavy (non-hydrogen) atoms. The van der Waals surface area contributed by atoms with E-state index in [0.29, 0.717) is 0 Å². The molecule has 3 rings (SSSR count). The second-order valence-corrected chi connectivity index (χ2v) is 5.74. The van der Waals surface area contributed by atoms with Crippen molar-refractivity contribution in [1.82, 2.24) is 10.3 Å². The van der Waals surface area contributed by atoms with E-state index in [1.165, 1.54) is 11.1 Å². The van der Waals surface area contributed by atoms with Crippen LogP contribution in [0.3, 0.4) is 0 Å². The summed E-state index contributed by atoms with van der Waals surface area (Å²) in [7, 11) is 0. The third-order valence-corrected chi connectivity index (χ3v) is 3.78. The van der Waals surface area contributed by atoms with Gasteiger partial charge in [0.2, 0.25) is 0 Å². The minimum atomic E-state index is -0.210. The number of nitrogens with zero attached hydrogens (tertiary/aromatic N) is 1. The fourth-order valence-corrected chi connectivity index (χ4v) is 2.79. The van der Waals surface area contributed by atoms with Gasteiger partial charge in [-0.2, -0.15) is 0 Å². The molecule has 1 N–H and O–H groups in total. The van der Waals surface area contributed by atoms with Crippen LogP contribution in [-0.2, 0) is 6.42 Å². The van der Waals surface area contributed by atoms with Crippen LogP contribution >= 0.6 is 0 Å². The van der Waals surface area contributed by atoms with Crippen molar-refractivity contribution in [2.24, 2.45) is 0 Å². The van der Waals surface area contributed by atoms with Crippen LogP contribution in [0.4, 0.5) is 0 Å². The number of ether oxygens (including phenoxy) is 1. The molecule has 0 radical (unpaired) electrons. The monoisotopic (exact) mass is 268 g/mol. The second-order valence-electron chi connectivity index (χ2n) is 5.74. The molecule has 1 atom stereocenters. The Morgan fingerprint density at radius 3 is 2.85 bits per heavy atom. The Bertz CT molecular complexity index is 581. The molecule has 0 aliphatic carbocycles. The molecular weight excluding hydrogens is 248 g/mol. The Balaban J connectivity index is 1.67. The Labute approximate surface area is 120 Å². The minimum absolute atomic E-state index is 0.210. The zero-order valence-electron chi connectivity index (χ0n) is 12.0. The third-order valence-electron chi connectivity index (χ3n) is 3.78. The fraction of sp³-hybridized carbons (Fsp3) is 0.353. The molecule has 3 heteroatoms. The van der Waals surface area contributed by atoms with Crippen LogP contribution in [0.2, 0.25) is 0 Å². The van der Waals surface area contributed by atoms with E-state index in [1.54, 1.807) is 6.20 Å². The standard InChI is InChI=1S/C17H20N2O/c1-17(2)16(14-7-3-4-8-15(14)20-17)19-11-9-13-6-5-10-18-12-13/h3-8,10,12,16,19H,9,11H2,1-2H3. The van der Waals surface area contributed by atoms with Gasteiger partial charge in [-0.05, 0) is 44.5 Å². The fourth-order valence-electron chi connectivity index (χ4n) is 2.79. The molecule has 1 aliphatic rings. The summed E-state index contributed by atoms with van der Waals surface area (Å²) in [5, 5.41) is 3.62. The molecule has 104 valence electrons. The molecule has 2 heterocycles. The lowest BCUT2D eigenvalue weighted by Crippen LogP contribution is -2.39. The Kier molecular flexibility index (Phi) is 3.45. The van der Waals surface area contributed by atoms with Gasteiger partial charge < -0.3 is 10.1 Å². The SMILES string of the molecule is CC1(C)Oc2ccccc2C1NCCc1cccnc1. The van der Waals surface area contributed by atoms with E-state index < -0.39 is 0 Å². The lowest BCUT2D eigenvalue weighted by atomic mass is 9.94. The molecule has 0 saturated carbocycles. The maximum absolute atomic E-state index is 6.03. The quantitative estimate of drug-likeness (QED) is 0.925. The number of nitrogens with one attached hydrogen (secondary N) is 1. The van der Waals surface area contributed by atoms with Crippen LogP contribution in [0.5, 0.6) is 5.75 Å². The zero-order chi connectivity index (χ0) is 14.0. The van der Waals surface area contributed by atoms with Gasteiger partial charge in [0.15, 0.2) is 0 Å². The number of hydrogen-bond donors (Lipinski definition) is 1. The van der Waals surface area contributed by atoms with Crippen LogP contribution in [0.25, 0.3) is 0 Å². The van der Waals surface area contributed by atoms with Crippen LogP contribution < -0.4 is 10.1 Å². The van der Waals surface area contributed by atoms with Gasteiger partial charge in [0.1, 0.15) is 11.4 Å². The van der Waals surface area contributed by atoms with Gasteiger partial charge in [-0.25, -0.2) is 0 Å². The van der Waals surface area contributed by atoms with Gasteiger partial charge in [0, 0.05) is 18.0 Å². The van der Waals surface area contributed by atoms with E-state index in [0.717, 1.165) is 18.7 Å². The van der Waals surface area contributed by atoms with Gasteiger partial charge in [0.05, 0.1) is 6.04 Å². The molecule has 1 unspecified atom stereocenters. The zero-order valence-corrected chi connectivity index (χ0v) is 12.0. The average Bonchev–Trinajstić information content (AvgIpc) is 2.71. The highest BCUT2D eigenvalue weighted by atomic mass is 16.5. The summed E-state index contributed by atoms with van der Waals surface area (Å²) in [5.41, 5.74) is 2.30. The van der Waals surface area contributed by atoms with E-state index in [9.17, 15) is 0 Å². The molecular formula is C17H20N2O. The number of pyridine rings is 1. The third kappa shape index (κ3) is 2.54. The van der Waals surface area contributed by atoms with Crippen LogP contribution in [-0.4, -0.2) is 17.1 Å². The molecule has 0 fully saturated rings. The van der Waals surface area contributed by atoms with E-state index in [2.05, 4.69) is 42.3 Å². The van der Waals surface area contributed by atoms with Crippen molar-refractivity contribution in [2.75, 3.05) is 6.54 Å². The lowest BCUT2D eigenvalue weighted by Gasteiger charge is -2.27. The van der Waals surface area contributed by atoms with Crippen molar-refractivity contribution in [1.29, 1.82) is 0 Å². The first-order valence-electron chi connectivity index (χ1n) is 7.07. The summed E-state index contributed by atoms with van der Waals surface area (Å²) in [6, 6.07) is 12.6. The molecule has 1 aromatic carbocycles. The summed E-state index contributed by atoms with van der Waals surface area (Å²) in [6.07, 6.45) is 4.70. The maximum Gasteiger partial charge on any atom is 0.125 e. The molecule has 0 amide bonds. The highest BCUT2D eigenvalue weighted by Crippen LogP contribution is 2.42. The largest absolute Gasteiger partial charge is 0.486 e. The van der Waals surface area contributed by atoms with E-state index in [4.69, 9.17) is 4.74 Å². The first-order valence-corrected chi connectivity index (χ1v) is 7.07. The number of benzene rings is 1. The topological polar surface area (TPSA) is 34.1 Å².